The Morgan fingerprint density at radius 2 is 2.05 bits per heavy atom. The Bertz CT molecular complexity index is 310. The molecule has 1 saturated carbocycles. The number of aliphatic hydroxyl groups excluding tert-OH is 1. The van der Waals surface area contributed by atoms with Crippen LogP contribution in [0.2, 0.25) is 0 Å². The van der Waals surface area contributed by atoms with Crippen molar-refractivity contribution in [3.05, 3.63) is 0 Å². The van der Waals surface area contributed by atoms with Gasteiger partial charge in [-0.2, -0.15) is 0 Å². The lowest BCUT2D eigenvalue weighted by atomic mass is 9.85. The second kappa shape index (κ2) is 9.38. The molecule has 0 bridgehead atoms. The number of carbonyl (C=O) groups is 1. The van der Waals surface area contributed by atoms with E-state index in [1.165, 1.54) is 19.3 Å². The van der Waals surface area contributed by atoms with E-state index in [-0.39, 0.29) is 11.9 Å². The van der Waals surface area contributed by atoms with Gasteiger partial charge in [-0.05, 0) is 25.7 Å². The smallest absolute Gasteiger partial charge is 0.238 e. The zero-order valence-corrected chi connectivity index (χ0v) is 14.0. The van der Waals surface area contributed by atoms with Gasteiger partial charge in [-0.15, -0.1) is 0 Å². The second-order valence-corrected chi connectivity index (χ2v) is 6.34. The van der Waals surface area contributed by atoms with Crippen LogP contribution in [-0.2, 0) is 9.53 Å². The lowest BCUT2D eigenvalue weighted by Crippen LogP contribution is -2.45. The zero-order valence-electron chi connectivity index (χ0n) is 14.0. The highest BCUT2D eigenvalue weighted by atomic mass is 16.5. The summed E-state index contributed by atoms with van der Waals surface area (Å²) in [5, 5.41) is 13.1. The highest BCUT2D eigenvalue weighted by molar-refractivity contribution is 5.80. The molecule has 5 heteroatoms. The van der Waals surface area contributed by atoms with Crippen LogP contribution >= 0.6 is 0 Å². The quantitative estimate of drug-likeness (QED) is 0.711. The number of carbonyl (C=O) groups excluding carboxylic acids is 1. The monoisotopic (exact) mass is 300 g/mol. The Hall–Kier alpha value is -0.650. The molecule has 0 aromatic carbocycles. The normalized spacial score (nSPS) is 25.4. The number of ether oxygens (including phenoxy) is 1. The van der Waals surface area contributed by atoms with E-state index < -0.39 is 6.10 Å². The summed E-state index contributed by atoms with van der Waals surface area (Å²) in [5.74, 6) is 0.648. The second-order valence-electron chi connectivity index (χ2n) is 6.34. The summed E-state index contributed by atoms with van der Waals surface area (Å²) in [4.78, 5) is 13.2. The molecule has 21 heavy (non-hydrogen) atoms. The third kappa shape index (κ3) is 6.32. The number of amides is 1. The Labute approximate surface area is 129 Å². The summed E-state index contributed by atoms with van der Waals surface area (Å²) in [5.41, 5.74) is 0. The van der Waals surface area contributed by atoms with Gasteiger partial charge in [0.05, 0.1) is 24.9 Å². The number of nitrogens with zero attached hydrogens (tertiary/aromatic N) is 1. The highest BCUT2D eigenvalue weighted by Gasteiger charge is 2.25. The van der Waals surface area contributed by atoms with Crippen LogP contribution in [0, 0.1) is 5.92 Å². The molecule has 0 radical (unpaired) electrons. The van der Waals surface area contributed by atoms with E-state index in [1.807, 2.05) is 6.92 Å². The number of hydrogen-bond acceptors (Lipinski definition) is 4. The zero-order chi connectivity index (χ0) is 15.8. The molecule has 124 valence electrons. The average molecular weight is 300 g/mol. The number of likely N-dealkylation sites (N-methyl/N-ethyl adjacent to an activating group) is 1. The van der Waals surface area contributed by atoms with Crippen LogP contribution in [0.15, 0.2) is 0 Å². The molecule has 0 saturated heterocycles. The SMILES string of the molecule is CCC1CCCCC1OCC(O)CNC(C)C(=O)N(C)C. The van der Waals surface area contributed by atoms with Gasteiger partial charge < -0.3 is 20.1 Å². The van der Waals surface area contributed by atoms with E-state index in [0.29, 0.717) is 25.2 Å². The molecule has 4 atom stereocenters. The summed E-state index contributed by atoms with van der Waals surface area (Å²) < 4.78 is 5.90. The number of rotatable bonds is 8. The first-order chi connectivity index (χ1) is 9.95. The minimum atomic E-state index is -0.568. The molecule has 1 rings (SSSR count). The number of aliphatic hydroxyl groups is 1. The molecule has 0 aliphatic heterocycles. The lowest BCUT2D eigenvalue weighted by molar-refractivity contribution is -0.130. The summed E-state index contributed by atoms with van der Waals surface area (Å²) in [6.45, 7) is 4.74. The van der Waals surface area contributed by atoms with E-state index >= 15 is 0 Å². The van der Waals surface area contributed by atoms with Crippen molar-refractivity contribution in [3.8, 4) is 0 Å². The molecule has 0 aromatic rings. The summed E-state index contributed by atoms with van der Waals surface area (Å²) in [6.07, 6.45) is 5.74. The Balaban J connectivity index is 2.24. The standard InChI is InChI=1S/C16H32N2O3/c1-5-13-8-6-7-9-15(13)21-11-14(19)10-17-12(2)16(20)18(3)4/h12-15,17,19H,5-11H2,1-4H3. The van der Waals surface area contributed by atoms with Crippen molar-refractivity contribution in [2.45, 2.75) is 64.2 Å². The molecular formula is C16H32N2O3. The minimum Gasteiger partial charge on any atom is -0.389 e. The first kappa shape index (κ1) is 18.4. The molecule has 1 fully saturated rings. The third-order valence-electron chi connectivity index (χ3n) is 4.34. The van der Waals surface area contributed by atoms with Crippen molar-refractivity contribution in [1.29, 1.82) is 0 Å². The number of hydrogen-bond donors (Lipinski definition) is 2. The molecule has 1 amide bonds. The van der Waals surface area contributed by atoms with E-state index in [4.69, 9.17) is 4.74 Å². The van der Waals surface area contributed by atoms with E-state index in [2.05, 4.69) is 12.2 Å². The summed E-state index contributed by atoms with van der Waals surface area (Å²) in [7, 11) is 3.46. The van der Waals surface area contributed by atoms with Gasteiger partial charge in [0, 0.05) is 20.6 Å². The Morgan fingerprint density at radius 3 is 2.67 bits per heavy atom. The largest absolute Gasteiger partial charge is 0.389 e. The maximum absolute atomic E-state index is 11.7. The molecular weight excluding hydrogens is 268 g/mol. The Morgan fingerprint density at radius 1 is 1.38 bits per heavy atom. The fourth-order valence-electron chi connectivity index (χ4n) is 2.94. The van der Waals surface area contributed by atoms with Crippen LogP contribution in [0.25, 0.3) is 0 Å². The summed E-state index contributed by atoms with van der Waals surface area (Å²) >= 11 is 0. The molecule has 4 unspecified atom stereocenters. The maximum atomic E-state index is 11.7. The summed E-state index contributed by atoms with van der Waals surface area (Å²) in [6, 6.07) is -0.285. The van der Waals surface area contributed by atoms with E-state index in [9.17, 15) is 9.90 Å². The maximum Gasteiger partial charge on any atom is 0.238 e. The van der Waals surface area contributed by atoms with E-state index in [0.717, 1.165) is 12.8 Å². The predicted octanol–water partition coefficient (Wildman–Crippen LogP) is 1.40. The van der Waals surface area contributed by atoms with Crippen molar-refractivity contribution in [1.82, 2.24) is 10.2 Å². The minimum absolute atomic E-state index is 0.0152. The van der Waals surface area contributed by atoms with Gasteiger partial charge in [0.25, 0.3) is 0 Å². The molecule has 0 heterocycles. The van der Waals surface area contributed by atoms with Crippen molar-refractivity contribution >= 4 is 5.91 Å². The van der Waals surface area contributed by atoms with Crippen LogP contribution in [0.4, 0.5) is 0 Å². The molecule has 5 nitrogen and oxygen atoms in total. The van der Waals surface area contributed by atoms with Crippen LogP contribution in [0.1, 0.15) is 46.0 Å². The first-order valence-corrected chi connectivity index (χ1v) is 8.19. The van der Waals surface area contributed by atoms with Gasteiger partial charge in [-0.3, -0.25) is 4.79 Å². The molecule has 0 spiro atoms. The van der Waals surface area contributed by atoms with Crippen molar-refractivity contribution in [2.24, 2.45) is 5.92 Å². The van der Waals surface area contributed by atoms with Gasteiger partial charge in [0.15, 0.2) is 0 Å². The van der Waals surface area contributed by atoms with Crippen LogP contribution in [0.5, 0.6) is 0 Å². The van der Waals surface area contributed by atoms with Gasteiger partial charge >= 0.3 is 0 Å². The molecule has 0 aromatic heterocycles. The van der Waals surface area contributed by atoms with Crippen LogP contribution in [-0.4, -0.2) is 61.4 Å². The molecule has 1 aliphatic rings. The Kier molecular flexibility index (Phi) is 8.22. The molecule has 1 aliphatic carbocycles. The van der Waals surface area contributed by atoms with Crippen molar-refractivity contribution < 1.29 is 14.6 Å². The molecule has 2 N–H and O–H groups in total. The fraction of sp³-hybridized carbons (Fsp3) is 0.938. The van der Waals surface area contributed by atoms with Crippen LogP contribution < -0.4 is 5.32 Å². The van der Waals surface area contributed by atoms with Gasteiger partial charge in [-0.1, -0.05) is 26.2 Å². The number of nitrogens with one attached hydrogen (secondary N) is 1. The van der Waals surface area contributed by atoms with Crippen LogP contribution in [0.3, 0.4) is 0 Å². The van der Waals surface area contributed by atoms with Crippen molar-refractivity contribution in [2.75, 3.05) is 27.2 Å². The topological polar surface area (TPSA) is 61.8 Å². The predicted molar refractivity (Wildman–Crippen MR) is 84.2 cm³/mol. The first-order valence-electron chi connectivity index (χ1n) is 8.19. The lowest BCUT2D eigenvalue weighted by Gasteiger charge is -2.31. The average Bonchev–Trinajstić information content (AvgIpc) is 2.49. The van der Waals surface area contributed by atoms with Gasteiger partial charge in [-0.25, -0.2) is 0 Å². The van der Waals surface area contributed by atoms with Gasteiger partial charge in [0.1, 0.15) is 0 Å². The van der Waals surface area contributed by atoms with E-state index in [1.54, 1.807) is 19.0 Å². The highest BCUT2D eigenvalue weighted by Crippen LogP contribution is 2.29. The van der Waals surface area contributed by atoms with Crippen molar-refractivity contribution in [3.63, 3.8) is 0 Å². The third-order valence-corrected chi connectivity index (χ3v) is 4.34. The van der Waals surface area contributed by atoms with Gasteiger partial charge in [0.2, 0.25) is 5.91 Å². The fourth-order valence-corrected chi connectivity index (χ4v) is 2.94.